The van der Waals surface area contributed by atoms with E-state index >= 15 is 0 Å². The number of nitrogens with zero attached hydrogens (tertiary/aromatic N) is 1. The third-order valence-corrected chi connectivity index (χ3v) is 2.59. The number of hydrogen-bond acceptors (Lipinski definition) is 3. The summed E-state index contributed by atoms with van der Waals surface area (Å²) in [5.41, 5.74) is 7.49. The van der Waals surface area contributed by atoms with E-state index in [-0.39, 0.29) is 11.6 Å². The Bertz CT molecular complexity index is 439. The van der Waals surface area contributed by atoms with E-state index < -0.39 is 0 Å². The standard InChI is InChI=1S/C11H14N4O/c1-2-3-6-13-11(16)10-8(12)9(14-15-10)7-4-5-7/h1,7H,3-6,12H2,(H,13,16)(H,14,15). The van der Waals surface area contributed by atoms with Gasteiger partial charge in [0.15, 0.2) is 5.69 Å². The Hall–Kier alpha value is -1.96. The third kappa shape index (κ3) is 2.01. The second-order valence-electron chi connectivity index (χ2n) is 3.88. The zero-order chi connectivity index (χ0) is 11.5. The molecule has 2 rings (SSSR count). The topological polar surface area (TPSA) is 83.8 Å². The van der Waals surface area contributed by atoms with Gasteiger partial charge in [-0.2, -0.15) is 5.10 Å². The lowest BCUT2D eigenvalue weighted by Gasteiger charge is -2.00. The second-order valence-corrected chi connectivity index (χ2v) is 3.88. The van der Waals surface area contributed by atoms with Crippen molar-refractivity contribution in [3.63, 3.8) is 0 Å². The van der Waals surface area contributed by atoms with Gasteiger partial charge in [-0.3, -0.25) is 9.89 Å². The molecule has 0 aliphatic heterocycles. The van der Waals surface area contributed by atoms with Gasteiger partial charge in [0.25, 0.3) is 5.91 Å². The molecule has 84 valence electrons. The smallest absolute Gasteiger partial charge is 0.273 e. The van der Waals surface area contributed by atoms with Crippen LogP contribution in [0.3, 0.4) is 0 Å². The van der Waals surface area contributed by atoms with Crippen molar-refractivity contribution in [1.29, 1.82) is 0 Å². The summed E-state index contributed by atoms with van der Waals surface area (Å²) in [5.74, 6) is 2.64. The summed E-state index contributed by atoms with van der Waals surface area (Å²) in [5, 5.41) is 9.44. The minimum Gasteiger partial charge on any atom is -0.395 e. The van der Waals surface area contributed by atoms with Gasteiger partial charge in [-0.1, -0.05) is 0 Å². The maximum Gasteiger partial charge on any atom is 0.273 e. The van der Waals surface area contributed by atoms with E-state index in [1.54, 1.807) is 0 Å². The Balaban J connectivity index is 2.03. The number of aromatic nitrogens is 2. The molecule has 1 aliphatic rings. The van der Waals surface area contributed by atoms with Gasteiger partial charge in [0.1, 0.15) is 0 Å². The molecule has 1 amide bonds. The Morgan fingerprint density at radius 2 is 2.44 bits per heavy atom. The van der Waals surface area contributed by atoms with Crippen molar-refractivity contribution in [2.45, 2.75) is 25.2 Å². The summed E-state index contributed by atoms with van der Waals surface area (Å²) >= 11 is 0. The number of amides is 1. The average Bonchev–Trinajstić information content (AvgIpc) is 3.03. The van der Waals surface area contributed by atoms with Crippen molar-refractivity contribution in [3.8, 4) is 12.3 Å². The fraction of sp³-hybridized carbons (Fsp3) is 0.455. The molecule has 0 radical (unpaired) electrons. The lowest BCUT2D eigenvalue weighted by Crippen LogP contribution is -2.25. The van der Waals surface area contributed by atoms with Gasteiger partial charge in [0, 0.05) is 18.9 Å². The van der Waals surface area contributed by atoms with E-state index in [0.717, 1.165) is 18.5 Å². The monoisotopic (exact) mass is 218 g/mol. The molecule has 0 aromatic carbocycles. The Labute approximate surface area is 93.8 Å². The minimum absolute atomic E-state index is 0.268. The predicted octanol–water partition coefficient (Wildman–Crippen LogP) is 0.622. The second kappa shape index (κ2) is 4.27. The molecular formula is C11H14N4O. The molecule has 1 aliphatic carbocycles. The van der Waals surface area contributed by atoms with E-state index in [4.69, 9.17) is 12.2 Å². The number of terminal acetylenes is 1. The van der Waals surface area contributed by atoms with Crippen LogP contribution in [0.1, 0.15) is 41.4 Å². The van der Waals surface area contributed by atoms with Gasteiger partial charge in [0.2, 0.25) is 0 Å². The van der Waals surface area contributed by atoms with E-state index in [0.29, 0.717) is 24.6 Å². The van der Waals surface area contributed by atoms with E-state index in [2.05, 4.69) is 21.4 Å². The highest BCUT2D eigenvalue weighted by atomic mass is 16.1. The van der Waals surface area contributed by atoms with Crippen LogP contribution in [0.2, 0.25) is 0 Å². The maximum atomic E-state index is 11.7. The number of anilines is 1. The first-order chi connectivity index (χ1) is 7.74. The van der Waals surface area contributed by atoms with Crippen molar-refractivity contribution in [3.05, 3.63) is 11.4 Å². The number of nitrogens with one attached hydrogen (secondary N) is 2. The van der Waals surface area contributed by atoms with Crippen LogP contribution in [0, 0.1) is 12.3 Å². The normalized spacial score (nSPS) is 14.4. The number of rotatable bonds is 4. The van der Waals surface area contributed by atoms with Crippen LogP contribution in [-0.4, -0.2) is 22.6 Å². The first kappa shape index (κ1) is 10.6. The molecule has 0 bridgehead atoms. The molecule has 0 atom stereocenters. The molecule has 0 spiro atoms. The van der Waals surface area contributed by atoms with Crippen molar-refractivity contribution in [1.82, 2.24) is 15.5 Å². The van der Waals surface area contributed by atoms with Gasteiger partial charge >= 0.3 is 0 Å². The van der Waals surface area contributed by atoms with Crippen LogP contribution in [-0.2, 0) is 0 Å². The van der Waals surface area contributed by atoms with Crippen molar-refractivity contribution >= 4 is 11.6 Å². The molecule has 1 heterocycles. The number of nitrogens with two attached hydrogens (primary N) is 1. The highest BCUT2D eigenvalue weighted by Gasteiger charge is 2.30. The van der Waals surface area contributed by atoms with Crippen LogP contribution < -0.4 is 11.1 Å². The van der Waals surface area contributed by atoms with Gasteiger partial charge in [0.05, 0.1) is 11.4 Å². The number of aromatic amines is 1. The summed E-state index contributed by atoms with van der Waals surface area (Å²) in [6.07, 6.45) is 7.82. The molecule has 4 N–H and O–H groups in total. The van der Waals surface area contributed by atoms with E-state index in [1.165, 1.54) is 0 Å². The quantitative estimate of drug-likeness (QED) is 0.511. The summed E-state index contributed by atoms with van der Waals surface area (Å²) < 4.78 is 0. The molecule has 1 fully saturated rings. The Morgan fingerprint density at radius 3 is 3.06 bits per heavy atom. The first-order valence-electron chi connectivity index (χ1n) is 5.29. The van der Waals surface area contributed by atoms with E-state index in [1.807, 2.05) is 0 Å². The Morgan fingerprint density at radius 1 is 1.69 bits per heavy atom. The zero-order valence-corrected chi connectivity index (χ0v) is 8.92. The largest absolute Gasteiger partial charge is 0.395 e. The molecular weight excluding hydrogens is 204 g/mol. The van der Waals surface area contributed by atoms with Crippen LogP contribution in [0.4, 0.5) is 5.69 Å². The lowest BCUT2D eigenvalue weighted by atomic mass is 10.2. The first-order valence-corrected chi connectivity index (χ1v) is 5.29. The van der Waals surface area contributed by atoms with Gasteiger partial charge < -0.3 is 11.1 Å². The zero-order valence-electron chi connectivity index (χ0n) is 8.92. The van der Waals surface area contributed by atoms with Gasteiger partial charge in [-0.05, 0) is 12.8 Å². The molecule has 1 aromatic heterocycles. The summed E-state index contributed by atoms with van der Waals surface area (Å²) in [4.78, 5) is 11.7. The number of H-pyrrole nitrogens is 1. The number of nitrogen functional groups attached to an aromatic ring is 1. The van der Waals surface area contributed by atoms with Crippen LogP contribution in [0.25, 0.3) is 0 Å². The molecule has 5 nitrogen and oxygen atoms in total. The third-order valence-electron chi connectivity index (χ3n) is 2.59. The molecule has 1 aromatic rings. The predicted molar refractivity (Wildman–Crippen MR) is 60.8 cm³/mol. The van der Waals surface area contributed by atoms with Crippen LogP contribution in [0.5, 0.6) is 0 Å². The summed E-state index contributed by atoms with van der Waals surface area (Å²) in [6, 6.07) is 0. The van der Waals surface area contributed by atoms with E-state index in [9.17, 15) is 4.79 Å². The summed E-state index contributed by atoms with van der Waals surface area (Å²) in [7, 11) is 0. The lowest BCUT2D eigenvalue weighted by molar-refractivity contribution is 0.0950. The fourth-order valence-electron chi connectivity index (χ4n) is 1.55. The number of carbonyl (C=O) groups is 1. The molecule has 16 heavy (non-hydrogen) atoms. The maximum absolute atomic E-state index is 11.7. The SMILES string of the molecule is C#CCCNC(=O)c1n[nH]c(C2CC2)c1N. The molecule has 0 unspecified atom stereocenters. The van der Waals surface area contributed by atoms with Gasteiger partial charge in [-0.15, -0.1) is 12.3 Å². The fourth-order valence-corrected chi connectivity index (χ4v) is 1.55. The molecule has 0 saturated heterocycles. The average molecular weight is 218 g/mol. The molecule has 5 heteroatoms. The van der Waals surface area contributed by atoms with Gasteiger partial charge in [-0.25, -0.2) is 0 Å². The van der Waals surface area contributed by atoms with Crippen LogP contribution >= 0.6 is 0 Å². The highest BCUT2D eigenvalue weighted by molar-refractivity contribution is 5.97. The highest BCUT2D eigenvalue weighted by Crippen LogP contribution is 2.42. The van der Waals surface area contributed by atoms with Crippen molar-refractivity contribution < 1.29 is 4.79 Å². The van der Waals surface area contributed by atoms with Crippen molar-refractivity contribution in [2.75, 3.05) is 12.3 Å². The summed E-state index contributed by atoms with van der Waals surface area (Å²) in [6.45, 7) is 0.445. The molecule has 1 saturated carbocycles. The number of hydrogen-bond donors (Lipinski definition) is 3. The minimum atomic E-state index is -0.268. The van der Waals surface area contributed by atoms with Crippen LogP contribution in [0.15, 0.2) is 0 Å². The van der Waals surface area contributed by atoms with Crippen molar-refractivity contribution in [2.24, 2.45) is 0 Å². The Kier molecular flexibility index (Phi) is 2.82. The number of carbonyl (C=O) groups excluding carboxylic acids is 1.